The van der Waals surface area contributed by atoms with E-state index in [4.69, 9.17) is 9.47 Å². The first-order valence-corrected chi connectivity index (χ1v) is 7.45. The molecular formula is C16H22FNO2. The molecule has 1 N–H and O–H groups in total. The zero-order chi connectivity index (χ0) is 14.1. The van der Waals surface area contributed by atoms with Gasteiger partial charge in [-0.25, -0.2) is 4.39 Å². The molecule has 4 heteroatoms. The molecule has 2 fully saturated rings. The second-order valence-electron chi connectivity index (χ2n) is 5.70. The molecule has 0 aliphatic carbocycles. The van der Waals surface area contributed by atoms with Crippen molar-refractivity contribution in [3.05, 3.63) is 29.6 Å². The van der Waals surface area contributed by atoms with Crippen molar-refractivity contribution in [3.63, 3.8) is 0 Å². The Kier molecular flexibility index (Phi) is 3.94. The van der Waals surface area contributed by atoms with Crippen molar-refractivity contribution < 1.29 is 13.9 Å². The molecule has 0 aromatic heterocycles. The van der Waals surface area contributed by atoms with E-state index < -0.39 is 0 Å². The molecule has 2 heterocycles. The molecule has 2 saturated heterocycles. The third-order valence-corrected chi connectivity index (χ3v) is 4.54. The predicted molar refractivity (Wildman–Crippen MR) is 75.4 cm³/mol. The molecule has 0 spiro atoms. The second kappa shape index (κ2) is 5.70. The minimum atomic E-state index is -0.294. The highest BCUT2D eigenvalue weighted by Crippen LogP contribution is 2.45. The molecule has 0 amide bonds. The van der Waals surface area contributed by atoms with Gasteiger partial charge in [0.25, 0.3) is 0 Å². The Labute approximate surface area is 119 Å². The average Bonchev–Trinajstić information content (AvgIpc) is 3.07. The molecule has 2 bridgehead atoms. The first kappa shape index (κ1) is 13.8. The Balaban J connectivity index is 1.85. The standard InChI is InChI=1S/C16H22FNO2/c1-3-18-16(12-9-11-5-7-14(12)20-11)10-4-6-15(19-2)13(17)8-10/h4,6,8,11-12,14,16,18H,3,5,7,9H2,1-2H3. The van der Waals surface area contributed by atoms with Gasteiger partial charge in [0.05, 0.1) is 19.3 Å². The summed E-state index contributed by atoms with van der Waals surface area (Å²) in [7, 11) is 1.49. The predicted octanol–water partition coefficient (Wildman–Crippen LogP) is 3.05. The van der Waals surface area contributed by atoms with Gasteiger partial charge >= 0.3 is 0 Å². The van der Waals surface area contributed by atoms with E-state index in [1.165, 1.54) is 13.5 Å². The normalized spacial score (nSPS) is 29.6. The van der Waals surface area contributed by atoms with Crippen molar-refractivity contribution in [2.75, 3.05) is 13.7 Å². The van der Waals surface area contributed by atoms with Crippen molar-refractivity contribution in [1.29, 1.82) is 0 Å². The molecule has 4 unspecified atom stereocenters. The van der Waals surface area contributed by atoms with Crippen LogP contribution in [0.2, 0.25) is 0 Å². The molecule has 110 valence electrons. The monoisotopic (exact) mass is 279 g/mol. The summed E-state index contributed by atoms with van der Waals surface area (Å²) in [4.78, 5) is 0. The zero-order valence-corrected chi connectivity index (χ0v) is 12.1. The summed E-state index contributed by atoms with van der Waals surface area (Å²) in [5.74, 6) is 0.451. The highest BCUT2D eigenvalue weighted by Gasteiger charge is 2.44. The summed E-state index contributed by atoms with van der Waals surface area (Å²) in [5, 5.41) is 3.50. The number of benzene rings is 1. The fourth-order valence-corrected chi connectivity index (χ4v) is 3.64. The van der Waals surface area contributed by atoms with Gasteiger partial charge < -0.3 is 14.8 Å². The van der Waals surface area contributed by atoms with Crippen LogP contribution in [0, 0.1) is 11.7 Å². The van der Waals surface area contributed by atoms with E-state index in [0.717, 1.165) is 24.9 Å². The fourth-order valence-electron chi connectivity index (χ4n) is 3.64. The van der Waals surface area contributed by atoms with E-state index in [0.29, 0.717) is 23.9 Å². The van der Waals surface area contributed by atoms with Crippen LogP contribution in [0.5, 0.6) is 5.75 Å². The topological polar surface area (TPSA) is 30.5 Å². The summed E-state index contributed by atoms with van der Waals surface area (Å²) in [6.45, 7) is 2.95. The minimum absolute atomic E-state index is 0.163. The van der Waals surface area contributed by atoms with Crippen LogP contribution >= 0.6 is 0 Å². The summed E-state index contributed by atoms with van der Waals surface area (Å²) in [6.07, 6.45) is 4.13. The Morgan fingerprint density at radius 2 is 2.30 bits per heavy atom. The number of nitrogens with one attached hydrogen (secondary N) is 1. The van der Waals surface area contributed by atoms with E-state index >= 15 is 0 Å². The quantitative estimate of drug-likeness (QED) is 0.898. The van der Waals surface area contributed by atoms with Crippen LogP contribution in [-0.4, -0.2) is 25.9 Å². The van der Waals surface area contributed by atoms with Gasteiger partial charge in [-0.1, -0.05) is 13.0 Å². The molecule has 4 atom stereocenters. The molecule has 3 nitrogen and oxygen atoms in total. The van der Waals surface area contributed by atoms with Crippen LogP contribution in [0.1, 0.15) is 37.8 Å². The van der Waals surface area contributed by atoms with E-state index in [-0.39, 0.29) is 11.9 Å². The van der Waals surface area contributed by atoms with Crippen molar-refractivity contribution in [2.24, 2.45) is 5.92 Å². The first-order valence-electron chi connectivity index (χ1n) is 7.45. The number of rotatable bonds is 5. The van der Waals surface area contributed by atoms with Crippen LogP contribution in [-0.2, 0) is 4.74 Å². The zero-order valence-electron chi connectivity index (χ0n) is 12.1. The largest absolute Gasteiger partial charge is 0.494 e. The third kappa shape index (κ3) is 2.42. The Bertz CT molecular complexity index is 480. The maximum atomic E-state index is 13.9. The molecule has 1 aromatic rings. The maximum Gasteiger partial charge on any atom is 0.165 e. The molecule has 20 heavy (non-hydrogen) atoms. The van der Waals surface area contributed by atoms with Gasteiger partial charge in [0.1, 0.15) is 0 Å². The minimum Gasteiger partial charge on any atom is -0.494 e. The van der Waals surface area contributed by atoms with Crippen LogP contribution in [0.4, 0.5) is 4.39 Å². The lowest BCUT2D eigenvalue weighted by atomic mass is 9.81. The first-order chi connectivity index (χ1) is 9.72. The van der Waals surface area contributed by atoms with E-state index in [2.05, 4.69) is 12.2 Å². The van der Waals surface area contributed by atoms with Crippen LogP contribution in [0.3, 0.4) is 0 Å². The van der Waals surface area contributed by atoms with Crippen molar-refractivity contribution in [1.82, 2.24) is 5.32 Å². The second-order valence-corrected chi connectivity index (χ2v) is 5.70. The van der Waals surface area contributed by atoms with Crippen LogP contribution in [0.25, 0.3) is 0 Å². The van der Waals surface area contributed by atoms with Gasteiger partial charge in [-0.15, -0.1) is 0 Å². The SMILES string of the molecule is CCNC(c1ccc(OC)c(F)c1)C1CC2CCC1O2. The smallest absolute Gasteiger partial charge is 0.165 e. The highest BCUT2D eigenvalue weighted by atomic mass is 19.1. The van der Waals surface area contributed by atoms with E-state index in [1.54, 1.807) is 12.1 Å². The van der Waals surface area contributed by atoms with Gasteiger partial charge in [0.2, 0.25) is 0 Å². The molecule has 3 rings (SSSR count). The Morgan fingerprint density at radius 3 is 2.85 bits per heavy atom. The van der Waals surface area contributed by atoms with Gasteiger partial charge in [0.15, 0.2) is 11.6 Å². The summed E-state index contributed by atoms with van der Waals surface area (Å²) < 4.78 is 24.9. The number of fused-ring (bicyclic) bond motifs is 2. The number of ether oxygens (including phenoxy) is 2. The molecule has 2 aliphatic rings. The maximum absolute atomic E-state index is 13.9. The number of hydrogen-bond donors (Lipinski definition) is 1. The van der Waals surface area contributed by atoms with Crippen LogP contribution in [0.15, 0.2) is 18.2 Å². The molecular weight excluding hydrogens is 257 g/mol. The number of hydrogen-bond acceptors (Lipinski definition) is 3. The highest BCUT2D eigenvalue weighted by molar-refractivity contribution is 5.31. The van der Waals surface area contributed by atoms with Crippen molar-refractivity contribution >= 4 is 0 Å². The molecule has 0 saturated carbocycles. The molecule has 0 radical (unpaired) electrons. The summed E-state index contributed by atoms with van der Waals surface area (Å²) in [6, 6.07) is 5.43. The average molecular weight is 279 g/mol. The van der Waals surface area contributed by atoms with Gasteiger partial charge in [-0.05, 0) is 43.5 Å². The number of halogens is 1. The van der Waals surface area contributed by atoms with Gasteiger partial charge in [0, 0.05) is 12.0 Å². The van der Waals surface area contributed by atoms with E-state index in [1.807, 2.05) is 6.07 Å². The lowest BCUT2D eigenvalue weighted by molar-refractivity contribution is 0.0858. The Morgan fingerprint density at radius 1 is 1.45 bits per heavy atom. The van der Waals surface area contributed by atoms with Gasteiger partial charge in [-0.3, -0.25) is 0 Å². The molecule has 1 aromatic carbocycles. The summed E-state index contributed by atoms with van der Waals surface area (Å²) >= 11 is 0. The van der Waals surface area contributed by atoms with E-state index in [9.17, 15) is 4.39 Å². The Hall–Kier alpha value is -1.13. The van der Waals surface area contributed by atoms with Crippen molar-refractivity contribution in [2.45, 2.75) is 44.4 Å². The number of methoxy groups -OCH3 is 1. The van der Waals surface area contributed by atoms with Gasteiger partial charge in [-0.2, -0.15) is 0 Å². The lowest BCUT2D eigenvalue weighted by Gasteiger charge is -2.29. The fraction of sp³-hybridized carbons (Fsp3) is 0.625. The van der Waals surface area contributed by atoms with Crippen molar-refractivity contribution in [3.8, 4) is 5.75 Å². The van der Waals surface area contributed by atoms with Crippen LogP contribution < -0.4 is 10.1 Å². The third-order valence-electron chi connectivity index (χ3n) is 4.54. The summed E-state index contributed by atoms with van der Waals surface area (Å²) in [5.41, 5.74) is 0.992. The molecule has 2 aliphatic heterocycles. The lowest BCUT2D eigenvalue weighted by Crippen LogP contribution is -2.33.